The van der Waals surface area contributed by atoms with Crippen LogP contribution in [0.5, 0.6) is 0 Å². The number of pyridine rings is 1. The third-order valence-electron chi connectivity index (χ3n) is 6.50. The molecule has 0 atom stereocenters. The molecule has 1 fully saturated rings. The van der Waals surface area contributed by atoms with Crippen LogP contribution in [0.3, 0.4) is 0 Å². The lowest BCUT2D eigenvalue weighted by Gasteiger charge is -2.26. The summed E-state index contributed by atoms with van der Waals surface area (Å²) in [7, 11) is 4.36. The van der Waals surface area contributed by atoms with Gasteiger partial charge in [0.05, 0.1) is 10.9 Å². The Morgan fingerprint density at radius 2 is 1.97 bits per heavy atom. The molecule has 0 saturated carbocycles. The van der Waals surface area contributed by atoms with Crippen molar-refractivity contribution in [2.75, 3.05) is 37.5 Å². The van der Waals surface area contributed by atoms with Crippen molar-refractivity contribution in [3.05, 3.63) is 58.8 Å². The Kier molecular flexibility index (Phi) is 8.38. The maximum Gasteiger partial charge on any atom is 0.266 e. The van der Waals surface area contributed by atoms with E-state index in [0.717, 1.165) is 60.9 Å². The highest BCUT2D eigenvalue weighted by atomic mass is 32.2. The number of anilines is 1. The number of aryl methyl sites for hydroxylation is 1. The fraction of sp³-hybridized carbons (Fsp3) is 0.462. The van der Waals surface area contributed by atoms with Crippen LogP contribution in [0, 0.1) is 5.82 Å². The average molecular weight is 504 g/mol. The largest absolute Gasteiger partial charge is 0.365 e. The molecule has 3 aromatic rings. The zero-order chi connectivity index (χ0) is 24.9. The fourth-order valence-electron chi connectivity index (χ4n) is 4.56. The number of fused-ring (bicyclic) bond motifs is 1. The van der Waals surface area contributed by atoms with E-state index in [0.29, 0.717) is 17.4 Å². The first-order valence-corrected chi connectivity index (χ1v) is 13.6. The van der Waals surface area contributed by atoms with Crippen LogP contribution in [0.4, 0.5) is 19.0 Å². The van der Waals surface area contributed by atoms with E-state index >= 15 is 0 Å². The van der Waals surface area contributed by atoms with Gasteiger partial charge in [-0.15, -0.1) is 0 Å². The van der Waals surface area contributed by atoms with Crippen LogP contribution in [0.15, 0.2) is 30.6 Å². The van der Waals surface area contributed by atoms with Gasteiger partial charge in [0.1, 0.15) is 18.0 Å². The highest BCUT2D eigenvalue weighted by Gasteiger charge is 2.22. The molecule has 4 rings (SSSR count). The molecule has 188 valence electrons. The highest BCUT2D eigenvalue weighted by Crippen LogP contribution is 2.37. The Morgan fingerprint density at radius 1 is 1.20 bits per heavy atom. The third kappa shape index (κ3) is 6.19. The van der Waals surface area contributed by atoms with Gasteiger partial charge in [0.25, 0.3) is 6.43 Å². The molecule has 1 saturated heterocycles. The second kappa shape index (κ2) is 11.5. The maximum atomic E-state index is 14.5. The van der Waals surface area contributed by atoms with Crippen LogP contribution in [0.25, 0.3) is 11.0 Å². The monoisotopic (exact) mass is 503 g/mol. The van der Waals surface area contributed by atoms with Crippen molar-refractivity contribution < 1.29 is 13.2 Å². The number of nitrogens with one attached hydrogen (secondary N) is 1. The van der Waals surface area contributed by atoms with Crippen LogP contribution in [0.1, 0.15) is 54.0 Å². The van der Waals surface area contributed by atoms with Crippen LogP contribution in [0.2, 0.25) is 0 Å². The Bertz CT molecular complexity index is 1190. The van der Waals surface area contributed by atoms with Crippen molar-refractivity contribution in [2.24, 2.45) is 0 Å². The molecule has 0 unspecified atom stereocenters. The second-order valence-electron chi connectivity index (χ2n) is 9.29. The minimum Gasteiger partial charge on any atom is -0.365 e. The molecule has 0 bridgehead atoms. The van der Waals surface area contributed by atoms with E-state index in [1.165, 1.54) is 24.0 Å². The number of aromatic nitrogens is 3. The van der Waals surface area contributed by atoms with Crippen molar-refractivity contribution in [3.63, 3.8) is 0 Å². The van der Waals surface area contributed by atoms with Gasteiger partial charge >= 0.3 is 0 Å². The predicted molar refractivity (Wildman–Crippen MR) is 139 cm³/mol. The number of hydrogen-bond donors (Lipinski definition) is 1. The molecule has 35 heavy (non-hydrogen) atoms. The molecule has 1 aromatic carbocycles. The van der Waals surface area contributed by atoms with E-state index in [1.54, 1.807) is 0 Å². The second-order valence-corrected chi connectivity index (χ2v) is 11.3. The number of hydrogen-bond acceptors (Lipinski definition) is 5. The lowest BCUT2D eigenvalue weighted by atomic mass is 9.90. The number of benzene rings is 1. The molecular weight excluding hydrogens is 471 g/mol. The van der Waals surface area contributed by atoms with Gasteiger partial charge in [0.2, 0.25) is 0 Å². The molecule has 0 amide bonds. The van der Waals surface area contributed by atoms with E-state index in [-0.39, 0.29) is 22.6 Å². The van der Waals surface area contributed by atoms with E-state index in [1.807, 2.05) is 0 Å². The summed E-state index contributed by atoms with van der Waals surface area (Å²) in [5.74, 6) is 6.55. The Morgan fingerprint density at radius 3 is 2.69 bits per heavy atom. The highest BCUT2D eigenvalue weighted by molar-refractivity contribution is 8.14. The molecule has 3 heterocycles. The maximum absolute atomic E-state index is 14.5. The molecular formula is C26H32F3N5S. The summed E-state index contributed by atoms with van der Waals surface area (Å²) in [4.78, 5) is 15.9. The standard InChI is InChI=1S/C26H32F3N5S/c1-34(2)11-5-8-22-20(17-9-12-35(3)13-10-17)14-21-25(31-16-32-26(21)33-22)30-15-18-6-4-7-19(23(18)27)24(28)29/h4,6-7,14,16-17,24H,3,5,8-13,15H2,1-2H3,(H,30,31,32,33). The molecule has 0 radical (unpaired) electrons. The topological polar surface area (TPSA) is 53.9 Å². The molecule has 1 N–H and O–H groups in total. The number of halogens is 3. The number of alkyl halides is 2. The van der Waals surface area contributed by atoms with Gasteiger partial charge in [0.15, 0.2) is 5.65 Å². The van der Waals surface area contributed by atoms with Gasteiger partial charge in [-0.05, 0) is 75.4 Å². The van der Waals surface area contributed by atoms with Crippen LogP contribution >= 0.6 is 10.5 Å². The van der Waals surface area contributed by atoms with Gasteiger partial charge in [0, 0.05) is 17.8 Å². The summed E-state index contributed by atoms with van der Waals surface area (Å²) >= 11 is 0. The summed E-state index contributed by atoms with van der Waals surface area (Å²) < 4.78 is 40.7. The summed E-state index contributed by atoms with van der Waals surface area (Å²) in [5, 5.41) is 3.90. The van der Waals surface area contributed by atoms with Crippen molar-refractivity contribution in [1.82, 2.24) is 19.9 Å². The Labute approximate surface area is 207 Å². The average Bonchev–Trinajstić information content (AvgIpc) is 2.83. The zero-order valence-electron chi connectivity index (χ0n) is 20.2. The van der Waals surface area contributed by atoms with Crippen LogP contribution in [-0.2, 0) is 13.0 Å². The van der Waals surface area contributed by atoms with Crippen molar-refractivity contribution in [3.8, 4) is 0 Å². The summed E-state index contributed by atoms with van der Waals surface area (Å²) in [5.41, 5.74) is 2.47. The van der Waals surface area contributed by atoms with Gasteiger partial charge in [-0.2, -0.15) is 10.5 Å². The first-order chi connectivity index (χ1) is 16.8. The van der Waals surface area contributed by atoms with Crippen molar-refractivity contribution in [1.29, 1.82) is 0 Å². The van der Waals surface area contributed by atoms with E-state index in [2.05, 4.69) is 46.2 Å². The molecule has 0 aliphatic carbocycles. The third-order valence-corrected chi connectivity index (χ3v) is 8.12. The van der Waals surface area contributed by atoms with E-state index < -0.39 is 17.8 Å². The molecule has 9 heteroatoms. The molecule has 2 aromatic heterocycles. The van der Waals surface area contributed by atoms with Crippen LogP contribution in [-0.4, -0.2) is 57.9 Å². The molecule has 1 aliphatic heterocycles. The lowest BCUT2D eigenvalue weighted by molar-refractivity contribution is 0.146. The first-order valence-electron chi connectivity index (χ1n) is 11.9. The molecule has 5 nitrogen and oxygen atoms in total. The number of nitrogens with zero attached hydrogens (tertiary/aromatic N) is 4. The normalized spacial score (nSPS) is 18.5. The van der Waals surface area contributed by atoms with Crippen molar-refractivity contribution in [2.45, 2.75) is 44.6 Å². The molecule has 1 aliphatic rings. The smallest absolute Gasteiger partial charge is 0.266 e. The fourth-order valence-corrected chi connectivity index (χ4v) is 6.00. The first kappa shape index (κ1) is 25.6. The van der Waals surface area contributed by atoms with Crippen molar-refractivity contribution >= 4 is 33.2 Å². The Balaban J connectivity index is 1.65. The zero-order valence-corrected chi connectivity index (χ0v) is 21.1. The predicted octanol–water partition coefficient (Wildman–Crippen LogP) is 5.79. The quantitative estimate of drug-likeness (QED) is 0.375. The van der Waals surface area contributed by atoms with E-state index in [4.69, 9.17) is 4.98 Å². The number of rotatable bonds is 9. The lowest BCUT2D eigenvalue weighted by Crippen LogP contribution is -2.16. The van der Waals surface area contributed by atoms with Crippen LogP contribution < -0.4 is 5.32 Å². The minimum absolute atomic E-state index is 0.0339. The van der Waals surface area contributed by atoms with Gasteiger partial charge < -0.3 is 10.2 Å². The minimum atomic E-state index is -2.86. The van der Waals surface area contributed by atoms with Gasteiger partial charge in [-0.1, -0.05) is 24.1 Å². The van der Waals surface area contributed by atoms with Gasteiger partial charge in [-0.25, -0.2) is 28.1 Å². The summed E-state index contributed by atoms with van der Waals surface area (Å²) in [6.07, 6.45) is 2.61. The Hall–Kier alpha value is -2.52. The van der Waals surface area contributed by atoms with Gasteiger partial charge in [-0.3, -0.25) is 0 Å². The van der Waals surface area contributed by atoms with E-state index in [9.17, 15) is 13.2 Å². The summed E-state index contributed by atoms with van der Waals surface area (Å²) in [6, 6.07) is 6.19. The SMILES string of the molecule is C=S1CCC(c2cc3c(NCc4cccc(C(F)F)c4F)ncnc3nc2CCCN(C)C)CC1. The summed E-state index contributed by atoms with van der Waals surface area (Å²) in [6.45, 7) is 1.01. The molecule has 0 spiro atoms.